The lowest BCUT2D eigenvalue weighted by atomic mass is 9.98. The third-order valence-electron chi connectivity index (χ3n) is 8.23. The molecule has 0 unspecified atom stereocenters. The van der Waals surface area contributed by atoms with Crippen molar-refractivity contribution in [2.75, 3.05) is 13.7 Å². The summed E-state index contributed by atoms with van der Waals surface area (Å²) in [7, 11) is 1.22. The van der Waals surface area contributed by atoms with Crippen LogP contribution in [0.2, 0.25) is 0 Å². The summed E-state index contributed by atoms with van der Waals surface area (Å²) < 4.78 is 16.1. The van der Waals surface area contributed by atoms with E-state index in [4.69, 9.17) is 14.2 Å². The van der Waals surface area contributed by atoms with Gasteiger partial charge in [-0.2, -0.15) is 0 Å². The minimum absolute atomic E-state index is 0.142. The Labute approximate surface area is 319 Å². The topological polar surface area (TPSA) is 190 Å². The number of ether oxygens (including phenoxy) is 3. The molecule has 14 nitrogen and oxygen atoms in total. The van der Waals surface area contributed by atoms with Crippen molar-refractivity contribution in [3.8, 4) is 0 Å². The number of carbonyl (C=O) groups is 6. The molecule has 5 amide bonds. The maximum atomic E-state index is 13.9. The van der Waals surface area contributed by atoms with Gasteiger partial charge in [-0.05, 0) is 49.7 Å². The van der Waals surface area contributed by atoms with Crippen LogP contribution in [0, 0.1) is 17.8 Å². The van der Waals surface area contributed by atoms with Gasteiger partial charge in [0.1, 0.15) is 35.8 Å². The Balaban J connectivity index is 2.27. The number of methoxy groups -OCH3 is 1. The van der Waals surface area contributed by atoms with Crippen LogP contribution >= 0.6 is 0 Å². The number of benzene rings is 2. The van der Waals surface area contributed by atoms with Crippen molar-refractivity contribution in [1.29, 1.82) is 0 Å². The third-order valence-corrected chi connectivity index (χ3v) is 8.23. The molecule has 14 heteroatoms. The maximum Gasteiger partial charge on any atom is 0.408 e. The average molecular weight is 754 g/mol. The predicted molar refractivity (Wildman–Crippen MR) is 204 cm³/mol. The zero-order chi connectivity index (χ0) is 40.6. The summed E-state index contributed by atoms with van der Waals surface area (Å²) in [5.41, 5.74) is 0.840. The van der Waals surface area contributed by atoms with Crippen LogP contribution in [0.15, 0.2) is 60.7 Å². The quantitative estimate of drug-likeness (QED) is 0.134. The minimum atomic E-state index is -1.27. The van der Waals surface area contributed by atoms with Gasteiger partial charge in [0.25, 0.3) is 0 Å². The second-order valence-corrected chi connectivity index (χ2v) is 15.2. The van der Waals surface area contributed by atoms with E-state index >= 15 is 0 Å². The third kappa shape index (κ3) is 15.6. The number of alkyl carbamates (subject to hydrolysis) is 1. The summed E-state index contributed by atoms with van der Waals surface area (Å²) in [5, 5.41) is 13.5. The van der Waals surface area contributed by atoms with E-state index in [0.717, 1.165) is 11.1 Å². The van der Waals surface area contributed by atoms with E-state index in [1.54, 1.807) is 62.3 Å². The Hall–Kier alpha value is -4.98. The molecule has 0 heterocycles. The van der Waals surface area contributed by atoms with E-state index < -0.39 is 83.3 Å². The SMILES string of the molecule is COC(=O)[C@H](Cc1ccccc1)NC(=O)[C@@H](COCc1ccccc1)NC(=O)[C@@H](NC(=O)[C@@H](NC(=O)[C@@H](NC(=O)OC(C)(C)C)C(C)C)C(C)C)C(C)C. The molecule has 298 valence electrons. The fraction of sp³-hybridized carbons (Fsp3) is 0.550. The molecule has 2 aromatic rings. The number of hydrogen-bond donors (Lipinski definition) is 5. The van der Waals surface area contributed by atoms with Crippen LogP contribution in [-0.2, 0) is 51.2 Å². The average Bonchev–Trinajstić information content (AvgIpc) is 3.10. The fourth-order valence-electron chi connectivity index (χ4n) is 5.30. The van der Waals surface area contributed by atoms with Crippen molar-refractivity contribution in [3.05, 3.63) is 71.8 Å². The highest BCUT2D eigenvalue weighted by atomic mass is 16.6. The van der Waals surface area contributed by atoms with Crippen molar-refractivity contribution in [2.24, 2.45) is 17.8 Å². The smallest absolute Gasteiger partial charge is 0.408 e. The first kappa shape index (κ1) is 45.2. The number of amides is 5. The molecule has 0 saturated heterocycles. The lowest BCUT2D eigenvalue weighted by molar-refractivity contribution is -0.145. The number of rotatable bonds is 19. The van der Waals surface area contributed by atoms with Gasteiger partial charge in [0, 0.05) is 6.42 Å². The van der Waals surface area contributed by atoms with Crippen molar-refractivity contribution >= 4 is 35.7 Å². The van der Waals surface area contributed by atoms with E-state index in [-0.39, 0.29) is 25.6 Å². The zero-order valence-electron chi connectivity index (χ0n) is 33.2. The summed E-state index contributed by atoms with van der Waals surface area (Å²) in [6.45, 7) is 15.4. The molecule has 2 aromatic carbocycles. The summed E-state index contributed by atoms with van der Waals surface area (Å²) in [5.74, 6) is -4.49. The molecule has 54 heavy (non-hydrogen) atoms. The normalized spacial score (nSPS) is 14.2. The number of hydrogen-bond acceptors (Lipinski definition) is 9. The van der Waals surface area contributed by atoms with Gasteiger partial charge in [-0.25, -0.2) is 9.59 Å². The highest BCUT2D eigenvalue weighted by molar-refractivity contribution is 5.96. The van der Waals surface area contributed by atoms with Gasteiger partial charge in [-0.1, -0.05) is 102 Å². The van der Waals surface area contributed by atoms with Crippen LogP contribution in [0.5, 0.6) is 0 Å². The highest BCUT2D eigenvalue weighted by Gasteiger charge is 2.36. The number of nitrogens with one attached hydrogen (secondary N) is 5. The number of carbonyl (C=O) groups excluding carboxylic acids is 6. The molecule has 0 fully saturated rings. The maximum absolute atomic E-state index is 13.9. The molecular formula is C40H59N5O9. The van der Waals surface area contributed by atoms with E-state index in [9.17, 15) is 28.8 Å². The van der Waals surface area contributed by atoms with E-state index in [1.165, 1.54) is 7.11 Å². The van der Waals surface area contributed by atoms with Crippen molar-refractivity contribution < 1.29 is 43.0 Å². The van der Waals surface area contributed by atoms with E-state index in [2.05, 4.69) is 26.6 Å². The minimum Gasteiger partial charge on any atom is -0.467 e. The van der Waals surface area contributed by atoms with Crippen molar-refractivity contribution in [3.63, 3.8) is 0 Å². The molecule has 5 N–H and O–H groups in total. The molecule has 0 aliphatic rings. The van der Waals surface area contributed by atoms with Gasteiger partial charge in [-0.3, -0.25) is 19.2 Å². The molecule has 0 aliphatic heterocycles. The van der Waals surface area contributed by atoms with Gasteiger partial charge >= 0.3 is 12.1 Å². The molecular weight excluding hydrogens is 694 g/mol. The second kappa shape index (κ2) is 21.7. The first-order valence-corrected chi connectivity index (χ1v) is 18.3. The first-order valence-electron chi connectivity index (χ1n) is 18.3. The molecule has 0 bridgehead atoms. The Morgan fingerprint density at radius 3 is 1.44 bits per heavy atom. The molecule has 5 atom stereocenters. The van der Waals surface area contributed by atoms with E-state index in [0.29, 0.717) is 0 Å². The summed E-state index contributed by atoms with van der Waals surface area (Å²) >= 11 is 0. The van der Waals surface area contributed by atoms with Gasteiger partial charge in [0.05, 0.1) is 20.3 Å². The van der Waals surface area contributed by atoms with E-state index in [1.807, 2.05) is 60.7 Å². The van der Waals surface area contributed by atoms with Gasteiger partial charge in [-0.15, -0.1) is 0 Å². The van der Waals surface area contributed by atoms with Crippen LogP contribution in [0.3, 0.4) is 0 Å². The Morgan fingerprint density at radius 2 is 1.00 bits per heavy atom. The fourth-order valence-corrected chi connectivity index (χ4v) is 5.30. The lowest BCUT2D eigenvalue weighted by Gasteiger charge is -2.30. The second-order valence-electron chi connectivity index (χ2n) is 15.2. The monoisotopic (exact) mass is 753 g/mol. The van der Waals surface area contributed by atoms with Gasteiger partial charge in [0.15, 0.2) is 0 Å². The Bertz CT molecular complexity index is 1530. The van der Waals surface area contributed by atoms with Crippen LogP contribution in [0.1, 0.15) is 73.4 Å². The molecule has 0 aromatic heterocycles. The molecule has 0 saturated carbocycles. The van der Waals surface area contributed by atoms with Crippen molar-refractivity contribution in [2.45, 2.75) is 111 Å². The van der Waals surface area contributed by atoms with Gasteiger partial charge < -0.3 is 40.8 Å². The van der Waals surface area contributed by atoms with Gasteiger partial charge in [0.2, 0.25) is 23.6 Å². The Morgan fingerprint density at radius 1 is 0.574 bits per heavy atom. The molecule has 0 aliphatic carbocycles. The molecule has 0 radical (unpaired) electrons. The van der Waals surface area contributed by atoms with Crippen LogP contribution < -0.4 is 26.6 Å². The van der Waals surface area contributed by atoms with Crippen LogP contribution in [-0.4, -0.2) is 85.2 Å². The highest BCUT2D eigenvalue weighted by Crippen LogP contribution is 2.12. The van der Waals surface area contributed by atoms with Crippen LogP contribution in [0.25, 0.3) is 0 Å². The van der Waals surface area contributed by atoms with Crippen LogP contribution in [0.4, 0.5) is 4.79 Å². The van der Waals surface area contributed by atoms with Crippen molar-refractivity contribution in [1.82, 2.24) is 26.6 Å². The first-order chi connectivity index (χ1) is 25.3. The predicted octanol–water partition coefficient (Wildman–Crippen LogP) is 3.42. The Kier molecular flexibility index (Phi) is 18.1. The summed E-state index contributed by atoms with van der Waals surface area (Å²) in [6, 6.07) is 12.8. The largest absolute Gasteiger partial charge is 0.467 e. The number of esters is 1. The molecule has 2 rings (SSSR count). The molecule has 0 spiro atoms. The zero-order valence-corrected chi connectivity index (χ0v) is 33.2. The lowest BCUT2D eigenvalue weighted by Crippen LogP contribution is -2.61. The summed E-state index contributed by atoms with van der Waals surface area (Å²) in [6.07, 6.45) is -0.634. The standard InChI is InChI=1S/C40H59N5O9/c1-24(2)31(43-36(48)32(25(3)4)44-37(49)33(26(5)6)45-39(51)54-40(7,8)9)35(47)42-30(23-53-22-28-19-15-12-16-20-28)34(46)41-29(38(50)52-10)21-27-17-13-11-14-18-27/h11-20,24-26,29-33H,21-23H2,1-10H3,(H,41,46)(H,42,47)(H,43,48)(H,44,49)(H,45,51)/t29-,30+,31-,32-,33-/m0/s1. The summed E-state index contributed by atoms with van der Waals surface area (Å²) in [4.78, 5) is 80.0.